The Morgan fingerprint density at radius 3 is 2.43 bits per heavy atom. The normalized spacial score (nSPS) is 12.4. The molecular weight excluding hydrogens is 244 g/mol. The lowest BCUT2D eigenvalue weighted by Crippen LogP contribution is -2.16. The zero-order valence-corrected chi connectivity index (χ0v) is 9.33. The summed E-state index contributed by atoms with van der Waals surface area (Å²) in [6.07, 6.45) is 0.925. The molecular formula is C10H13BrN2O. The minimum atomic E-state index is -0.308. The third kappa shape index (κ3) is 3.47. The Morgan fingerprint density at radius 1 is 1.36 bits per heavy atom. The lowest BCUT2D eigenvalue weighted by atomic mass is 10.0. The van der Waals surface area contributed by atoms with Crippen LogP contribution in [0.4, 0.5) is 0 Å². The minimum absolute atomic E-state index is 0.115. The molecule has 4 N–H and O–H groups in total. The molecule has 0 aliphatic carbocycles. The van der Waals surface area contributed by atoms with Gasteiger partial charge in [0.25, 0.3) is 0 Å². The maximum absolute atomic E-state index is 10.5. The molecule has 1 aromatic carbocycles. The van der Waals surface area contributed by atoms with Crippen LogP contribution in [0.15, 0.2) is 28.7 Å². The van der Waals surface area contributed by atoms with Crippen molar-refractivity contribution in [3.05, 3.63) is 34.3 Å². The number of rotatable bonds is 4. The number of hydrogen-bond donors (Lipinski definition) is 2. The van der Waals surface area contributed by atoms with Gasteiger partial charge in [-0.3, -0.25) is 4.79 Å². The number of amides is 1. The van der Waals surface area contributed by atoms with Gasteiger partial charge in [-0.2, -0.15) is 0 Å². The van der Waals surface area contributed by atoms with E-state index in [0.717, 1.165) is 10.0 Å². The Morgan fingerprint density at radius 2 is 1.93 bits per heavy atom. The summed E-state index contributed by atoms with van der Waals surface area (Å²) < 4.78 is 1.02. The molecule has 76 valence electrons. The highest BCUT2D eigenvalue weighted by atomic mass is 79.9. The molecule has 0 heterocycles. The molecule has 0 radical (unpaired) electrons. The van der Waals surface area contributed by atoms with Crippen LogP contribution in [0.1, 0.15) is 24.4 Å². The summed E-state index contributed by atoms with van der Waals surface area (Å²) in [7, 11) is 0. The van der Waals surface area contributed by atoms with Gasteiger partial charge >= 0.3 is 0 Å². The number of carbonyl (C=O) groups excluding carboxylic acids is 1. The van der Waals surface area contributed by atoms with Gasteiger partial charge in [0, 0.05) is 16.9 Å². The molecule has 0 aromatic heterocycles. The van der Waals surface area contributed by atoms with Gasteiger partial charge in [-0.05, 0) is 24.1 Å². The number of hydrogen-bond acceptors (Lipinski definition) is 2. The van der Waals surface area contributed by atoms with Crippen LogP contribution >= 0.6 is 15.9 Å². The van der Waals surface area contributed by atoms with Gasteiger partial charge in [-0.25, -0.2) is 0 Å². The van der Waals surface area contributed by atoms with Crippen molar-refractivity contribution >= 4 is 21.8 Å². The number of carbonyl (C=O) groups is 1. The second-order valence-electron chi connectivity index (χ2n) is 3.16. The van der Waals surface area contributed by atoms with E-state index in [1.54, 1.807) is 0 Å². The zero-order valence-electron chi connectivity index (χ0n) is 7.74. The predicted octanol–water partition coefficient (Wildman–Crippen LogP) is 1.71. The zero-order chi connectivity index (χ0) is 10.6. The second kappa shape index (κ2) is 5.12. The molecule has 0 spiro atoms. The van der Waals surface area contributed by atoms with Gasteiger partial charge in [0.2, 0.25) is 5.91 Å². The first kappa shape index (κ1) is 11.2. The van der Waals surface area contributed by atoms with Gasteiger partial charge in [-0.1, -0.05) is 28.1 Å². The minimum Gasteiger partial charge on any atom is -0.370 e. The smallest absolute Gasteiger partial charge is 0.217 e. The fraction of sp³-hybridized carbons (Fsp3) is 0.300. The topological polar surface area (TPSA) is 69.1 Å². The molecule has 3 nitrogen and oxygen atoms in total. The van der Waals surface area contributed by atoms with Gasteiger partial charge in [0.05, 0.1) is 0 Å². The summed E-state index contributed by atoms with van der Waals surface area (Å²) in [4.78, 5) is 10.5. The average molecular weight is 257 g/mol. The summed E-state index contributed by atoms with van der Waals surface area (Å²) in [6, 6.07) is 7.63. The molecule has 0 aliphatic rings. The molecule has 1 amide bonds. The molecule has 0 fully saturated rings. The molecule has 1 rings (SSSR count). The Hall–Kier alpha value is -0.870. The quantitative estimate of drug-likeness (QED) is 0.862. The lowest BCUT2D eigenvalue weighted by Gasteiger charge is -2.10. The summed E-state index contributed by atoms with van der Waals surface area (Å²) >= 11 is 3.34. The van der Waals surface area contributed by atoms with Crippen molar-refractivity contribution in [2.75, 3.05) is 0 Å². The van der Waals surface area contributed by atoms with Crippen LogP contribution in [-0.2, 0) is 4.79 Å². The fourth-order valence-corrected chi connectivity index (χ4v) is 1.44. The molecule has 1 aromatic rings. The fourth-order valence-electron chi connectivity index (χ4n) is 1.17. The average Bonchev–Trinajstić information content (AvgIpc) is 2.15. The van der Waals surface area contributed by atoms with E-state index in [4.69, 9.17) is 11.5 Å². The number of primary amides is 1. The monoisotopic (exact) mass is 256 g/mol. The molecule has 14 heavy (non-hydrogen) atoms. The highest BCUT2D eigenvalue weighted by Gasteiger charge is 2.06. The summed E-state index contributed by atoms with van der Waals surface area (Å²) in [5, 5.41) is 0. The lowest BCUT2D eigenvalue weighted by molar-refractivity contribution is -0.118. The van der Waals surface area contributed by atoms with Crippen LogP contribution in [0.3, 0.4) is 0 Å². The maximum atomic E-state index is 10.5. The number of benzene rings is 1. The Balaban J connectivity index is 2.56. The van der Waals surface area contributed by atoms with Crippen LogP contribution in [0.25, 0.3) is 0 Å². The third-order valence-electron chi connectivity index (χ3n) is 2.00. The molecule has 1 atom stereocenters. The number of nitrogens with two attached hydrogens (primary N) is 2. The predicted molar refractivity (Wildman–Crippen MR) is 59.5 cm³/mol. The third-order valence-corrected chi connectivity index (χ3v) is 2.53. The van der Waals surface area contributed by atoms with Crippen LogP contribution in [-0.4, -0.2) is 5.91 Å². The van der Waals surface area contributed by atoms with Crippen LogP contribution < -0.4 is 11.5 Å². The van der Waals surface area contributed by atoms with Crippen molar-refractivity contribution in [1.82, 2.24) is 0 Å². The van der Waals surface area contributed by atoms with Crippen molar-refractivity contribution in [2.24, 2.45) is 11.5 Å². The Labute approximate surface area is 91.6 Å². The first-order chi connectivity index (χ1) is 6.59. The number of halogens is 1. The highest BCUT2D eigenvalue weighted by Crippen LogP contribution is 2.18. The molecule has 0 saturated heterocycles. The first-order valence-electron chi connectivity index (χ1n) is 4.39. The SMILES string of the molecule is NC(=O)CCC(N)c1ccc(Br)cc1. The standard InChI is InChI=1S/C10H13BrN2O/c11-8-3-1-7(2-4-8)9(12)5-6-10(13)14/h1-4,9H,5-6,12H2,(H2,13,14). The van der Waals surface area contributed by atoms with Crippen LogP contribution in [0.2, 0.25) is 0 Å². The van der Waals surface area contributed by atoms with Crippen LogP contribution in [0.5, 0.6) is 0 Å². The van der Waals surface area contributed by atoms with Gasteiger partial charge in [0.1, 0.15) is 0 Å². The molecule has 4 heteroatoms. The largest absolute Gasteiger partial charge is 0.370 e. The summed E-state index contributed by atoms with van der Waals surface area (Å²) in [5.41, 5.74) is 11.9. The van der Waals surface area contributed by atoms with E-state index >= 15 is 0 Å². The van der Waals surface area contributed by atoms with Crippen molar-refractivity contribution in [3.63, 3.8) is 0 Å². The van der Waals surface area contributed by atoms with E-state index in [1.807, 2.05) is 24.3 Å². The second-order valence-corrected chi connectivity index (χ2v) is 4.08. The van der Waals surface area contributed by atoms with Crippen molar-refractivity contribution in [3.8, 4) is 0 Å². The van der Waals surface area contributed by atoms with Crippen molar-refractivity contribution in [1.29, 1.82) is 0 Å². The summed E-state index contributed by atoms with van der Waals surface area (Å²) in [6.45, 7) is 0. The maximum Gasteiger partial charge on any atom is 0.217 e. The van der Waals surface area contributed by atoms with Crippen molar-refractivity contribution in [2.45, 2.75) is 18.9 Å². The molecule has 0 aliphatic heterocycles. The Kier molecular flexibility index (Phi) is 4.10. The highest BCUT2D eigenvalue weighted by molar-refractivity contribution is 9.10. The van der Waals surface area contributed by atoms with E-state index in [1.165, 1.54) is 0 Å². The van der Waals surface area contributed by atoms with Gasteiger partial charge in [-0.15, -0.1) is 0 Å². The van der Waals surface area contributed by atoms with E-state index in [0.29, 0.717) is 12.8 Å². The van der Waals surface area contributed by atoms with Crippen LogP contribution in [0, 0.1) is 0 Å². The summed E-state index contributed by atoms with van der Waals surface area (Å²) in [5.74, 6) is -0.308. The van der Waals surface area contributed by atoms with E-state index < -0.39 is 0 Å². The molecule has 0 bridgehead atoms. The van der Waals surface area contributed by atoms with Gasteiger partial charge in [0.15, 0.2) is 0 Å². The molecule has 1 unspecified atom stereocenters. The first-order valence-corrected chi connectivity index (χ1v) is 5.18. The van der Waals surface area contributed by atoms with E-state index in [9.17, 15) is 4.79 Å². The van der Waals surface area contributed by atoms with E-state index in [2.05, 4.69) is 15.9 Å². The van der Waals surface area contributed by atoms with Gasteiger partial charge < -0.3 is 11.5 Å². The Bertz CT molecular complexity index is 310. The van der Waals surface area contributed by atoms with Crippen molar-refractivity contribution < 1.29 is 4.79 Å². The molecule has 0 saturated carbocycles. The van der Waals surface area contributed by atoms with E-state index in [-0.39, 0.29) is 11.9 Å².